The standard InChI is InChI=1S/C6H11NO3S/c1-2-6(8)7-4-3-5-11(7,9)10/h2-5H2,1H3. The lowest BCUT2D eigenvalue weighted by Gasteiger charge is -2.12. The van der Waals surface area contributed by atoms with E-state index in [1.54, 1.807) is 6.92 Å². The van der Waals surface area contributed by atoms with Gasteiger partial charge in [-0.2, -0.15) is 0 Å². The van der Waals surface area contributed by atoms with Crippen molar-refractivity contribution in [1.82, 2.24) is 4.31 Å². The van der Waals surface area contributed by atoms with Gasteiger partial charge in [-0.15, -0.1) is 0 Å². The van der Waals surface area contributed by atoms with Gasteiger partial charge in [0.15, 0.2) is 0 Å². The van der Waals surface area contributed by atoms with Crippen molar-refractivity contribution in [2.24, 2.45) is 0 Å². The molecule has 5 heteroatoms. The molecule has 1 aliphatic heterocycles. The van der Waals surface area contributed by atoms with Gasteiger partial charge in [0.2, 0.25) is 15.9 Å². The third-order valence-electron chi connectivity index (χ3n) is 1.68. The molecular formula is C6H11NO3S. The Hall–Kier alpha value is -0.580. The van der Waals surface area contributed by atoms with Crippen molar-refractivity contribution in [3.8, 4) is 0 Å². The normalized spacial score (nSPS) is 22.1. The van der Waals surface area contributed by atoms with E-state index in [1.165, 1.54) is 0 Å². The van der Waals surface area contributed by atoms with Crippen molar-refractivity contribution >= 4 is 15.9 Å². The number of sulfonamides is 1. The molecule has 0 aromatic rings. The minimum absolute atomic E-state index is 0.124. The van der Waals surface area contributed by atoms with Crippen LogP contribution in [0.3, 0.4) is 0 Å². The summed E-state index contributed by atoms with van der Waals surface area (Å²) >= 11 is 0. The van der Waals surface area contributed by atoms with E-state index in [2.05, 4.69) is 0 Å². The van der Waals surface area contributed by atoms with Gasteiger partial charge in [-0.05, 0) is 6.42 Å². The first kappa shape index (κ1) is 8.52. The van der Waals surface area contributed by atoms with Crippen LogP contribution in [0.2, 0.25) is 0 Å². The maximum Gasteiger partial charge on any atom is 0.237 e. The molecule has 0 radical (unpaired) electrons. The highest BCUT2D eigenvalue weighted by Crippen LogP contribution is 2.13. The lowest BCUT2D eigenvalue weighted by Crippen LogP contribution is -2.31. The smallest absolute Gasteiger partial charge is 0.237 e. The van der Waals surface area contributed by atoms with E-state index in [0.717, 1.165) is 4.31 Å². The maximum atomic E-state index is 11.1. The molecule has 1 aliphatic rings. The largest absolute Gasteiger partial charge is 0.274 e. The zero-order valence-electron chi connectivity index (χ0n) is 6.41. The quantitative estimate of drug-likeness (QED) is 0.564. The highest BCUT2D eigenvalue weighted by atomic mass is 32.2. The van der Waals surface area contributed by atoms with Crippen molar-refractivity contribution in [3.63, 3.8) is 0 Å². The Morgan fingerprint density at radius 3 is 2.55 bits per heavy atom. The summed E-state index contributed by atoms with van der Waals surface area (Å²) < 4.78 is 23.1. The topological polar surface area (TPSA) is 54.5 Å². The van der Waals surface area contributed by atoms with Gasteiger partial charge >= 0.3 is 0 Å². The second-order valence-corrected chi connectivity index (χ2v) is 4.50. The number of rotatable bonds is 1. The van der Waals surface area contributed by atoms with E-state index in [4.69, 9.17) is 0 Å². The van der Waals surface area contributed by atoms with Crippen molar-refractivity contribution in [1.29, 1.82) is 0 Å². The summed E-state index contributed by atoms with van der Waals surface area (Å²) in [5, 5.41) is 0. The van der Waals surface area contributed by atoms with Crippen molar-refractivity contribution < 1.29 is 13.2 Å². The van der Waals surface area contributed by atoms with Gasteiger partial charge in [0.1, 0.15) is 0 Å². The second kappa shape index (κ2) is 2.81. The monoisotopic (exact) mass is 177 g/mol. The Morgan fingerprint density at radius 1 is 1.55 bits per heavy atom. The van der Waals surface area contributed by atoms with Crippen LogP contribution in [0.4, 0.5) is 0 Å². The minimum Gasteiger partial charge on any atom is -0.274 e. The van der Waals surface area contributed by atoms with Crippen LogP contribution in [0.15, 0.2) is 0 Å². The van der Waals surface area contributed by atoms with E-state index in [1.807, 2.05) is 0 Å². The van der Waals surface area contributed by atoms with Crippen LogP contribution in [0.5, 0.6) is 0 Å². The Bertz CT molecular complexity index is 257. The lowest BCUT2D eigenvalue weighted by atomic mass is 10.4. The molecule has 11 heavy (non-hydrogen) atoms. The first-order valence-electron chi connectivity index (χ1n) is 3.61. The molecule has 1 rings (SSSR count). The van der Waals surface area contributed by atoms with Crippen LogP contribution in [0.1, 0.15) is 19.8 Å². The number of nitrogens with zero attached hydrogens (tertiary/aromatic N) is 1. The Kier molecular flexibility index (Phi) is 2.17. The number of carbonyl (C=O) groups excluding carboxylic acids is 1. The Morgan fingerprint density at radius 2 is 2.18 bits per heavy atom. The van der Waals surface area contributed by atoms with Gasteiger partial charge in [0.25, 0.3) is 0 Å². The third kappa shape index (κ3) is 1.53. The SMILES string of the molecule is CCC(=O)N1CCCS1(=O)=O. The molecule has 0 aromatic heterocycles. The Labute approximate surface area is 66.2 Å². The molecule has 0 N–H and O–H groups in total. The molecule has 1 saturated heterocycles. The fraction of sp³-hybridized carbons (Fsp3) is 0.833. The molecule has 0 aliphatic carbocycles. The van der Waals surface area contributed by atoms with Gasteiger partial charge in [-0.3, -0.25) is 4.79 Å². The summed E-state index contributed by atoms with van der Waals surface area (Å²) in [6.45, 7) is 2.03. The summed E-state index contributed by atoms with van der Waals surface area (Å²) in [4.78, 5) is 11.0. The average Bonchev–Trinajstić information content (AvgIpc) is 2.28. The van der Waals surface area contributed by atoms with Gasteiger partial charge in [0.05, 0.1) is 5.75 Å². The van der Waals surface area contributed by atoms with Crippen LogP contribution in [-0.2, 0) is 14.8 Å². The molecule has 1 heterocycles. The predicted molar refractivity (Wildman–Crippen MR) is 40.4 cm³/mol. The predicted octanol–water partition coefficient (Wildman–Crippen LogP) is -0.0415. The number of amides is 1. The van der Waals surface area contributed by atoms with Crippen LogP contribution >= 0.6 is 0 Å². The molecule has 1 fully saturated rings. The Balaban J connectivity index is 2.82. The summed E-state index contributed by atoms with van der Waals surface area (Å²) in [6, 6.07) is 0. The molecule has 0 aromatic carbocycles. The fourth-order valence-corrected chi connectivity index (χ4v) is 2.66. The van der Waals surface area contributed by atoms with E-state index in [0.29, 0.717) is 13.0 Å². The number of hydrogen-bond acceptors (Lipinski definition) is 3. The number of hydrogen-bond donors (Lipinski definition) is 0. The zero-order valence-corrected chi connectivity index (χ0v) is 7.23. The van der Waals surface area contributed by atoms with Crippen molar-refractivity contribution in [3.05, 3.63) is 0 Å². The molecule has 0 bridgehead atoms. The molecular weight excluding hydrogens is 166 g/mol. The van der Waals surface area contributed by atoms with E-state index < -0.39 is 10.0 Å². The second-order valence-electron chi connectivity index (χ2n) is 2.49. The highest BCUT2D eigenvalue weighted by molar-refractivity contribution is 7.89. The molecule has 0 unspecified atom stereocenters. The van der Waals surface area contributed by atoms with E-state index in [9.17, 15) is 13.2 Å². The lowest BCUT2D eigenvalue weighted by molar-refractivity contribution is -0.125. The van der Waals surface area contributed by atoms with Crippen LogP contribution in [0, 0.1) is 0 Å². The first-order valence-corrected chi connectivity index (χ1v) is 5.22. The third-order valence-corrected chi connectivity index (χ3v) is 3.54. The fourth-order valence-electron chi connectivity index (χ4n) is 1.10. The van der Waals surface area contributed by atoms with Crippen LogP contribution in [-0.4, -0.2) is 30.9 Å². The molecule has 0 saturated carbocycles. The molecule has 64 valence electrons. The highest BCUT2D eigenvalue weighted by Gasteiger charge is 2.30. The van der Waals surface area contributed by atoms with Crippen molar-refractivity contribution in [2.45, 2.75) is 19.8 Å². The van der Waals surface area contributed by atoms with Crippen LogP contribution in [0.25, 0.3) is 0 Å². The summed E-state index contributed by atoms with van der Waals surface area (Å²) in [5.41, 5.74) is 0. The summed E-state index contributed by atoms with van der Waals surface area (Å²) in [7, 11) is -3.21. The van der Waals surface area contributed by atoms with E-state index in [-0.39, 0.29) is 18.1 Å². The van der Waals surface area contributed by atoms with Gasteiger partial charge in [-0.25, -0.2) is 12.7 Å². The van der Waals surface area contributed by atoms with Gasteiger partial charge in [0, 0.05) is 13.0 Å². The first-order chi connectivity index (χ1) is 5.08. The van der Waals surface area contributed by atoms with Gasteiger partial charge < -0.3 is 0 Å². The molecule has 1 amide bonds. The molecule has 4 nitrogen and oxygen atoms in total. The number of carbonyl (C=O) groups is 1. The average molecular weight is 177 g/mol. The van der Waals surface area contributed by atoms with Gasteiger partial charge in [-0.1, -0.05) is 6.92 Å². The van der Waals surface area contributed by atoms with Crippen molar-refractivity contribution in [2.75, 3.05) is 12.3 Å². The van der Waals surface area contributed by atoms with E-state index >= 15 is 0 Å². The summed E-state index contributed by atoms with van der Waals surface area (Å²) in [6.07, 6.45) is 0.841. The molecule has 0 atom stereocenters. The zero-order chi connectivity index (χ0) is 8.48. The van der Waals surface area contributed by atoms with Crippen LogP contribution < -0.4 is 0 Å². The maximum absolute atomic E-state index is 11.1. The minimum atomic E-state index is -3.21. The summed E-state index contributed by atoms with van der Waals surface area (Å²) in [5.74, 6) is -0.166. The molecule has 0 spiro atoms.